The maximum Gasteiger partial charge on any atom is 0.124 e. The van der Waals surface area contributed by atoms with Gasteiger partial charge in [-0.05, 0) is 60.7 Å². The molecule has 126 valence electrons. The van der Waals surface area contributed by atoms with Crippen LogP contribution in [0.3, 0.4) is 0 Å². The highest BCUT2D eigenvalue weighted by atomic mass is 32.1. The third kappa shape index (κ3) is 2.67. The van der Waals surface area contributed by atoms with Crippen LogP contribution < -0.4 is 0 Å². The maximum absolute atomic E-state index is 13.1. The zero-order valence-electron chi connectivity index (χ0n) is 13.2. The summed E-state index contributed by atoms with van der Waals surface area (Å²) in [5.74, 6) is -0.513. The monoisotopic (exact) mass is 380 g/mol. The van der Waals surface area contributed by atoms with Crippen molar-refractivity contribution in [3.8, 4) is 21.1 Å². The van der Waals surface area contributed by atoms with Crippen LogP contribution in [0.5, 0.6) is 0 Å². The first kappa shape index (κ1) is 15.5. The summed E-state index contributed by atoms with van der Waals surface area (Å²) in [7, 11) is 0. The Morgan fingerprint density at radius 1 is 0.577 bits per heavy atom. The average Bonchev–Trinajstić information content (AvgIpc) is 3.23. The van der Waals surface area contributed by atoms with Gasteiger partial charge in [0.25, 0.3) is 0 Å². The van der Waals surface area contributed by atoms with E-state index in [2.05, 4.69) is 9.97 Å². The lowest BCUT2D eigenvalue weighted by molar-refractivity contribution is 0.627. The first-order valence-electron chi connectivity index (χ1n) is 7.89. The molecule has 0 spiro atoms. The van der Waals surface area contributed by atoms with Gasteiger partial charge in [0.05, 0.1) is 20.4 Å². The predicted molar refractivity (Wildman–Crippen MR) is 104 cm³/mol. The second-order valence-electron chi connectivity index (χ2n) is 5.84. The molecule has 0 atom stereocenters. The molecule has 0 aliphatic heterocycles. The standard InChI is InChI=1S/C20H10F2N2S2/c21-13-5-1-11(2-6-13)19-23-15-9-18-16(10-17(15)25-19)24-20(26-18)12-3-7-14(22)8-4-12/h1-10H. The zero-order valence-corrected chi connectivity index (χ0v) is 14.9. The van der Waals surface area contributed by atoms with Crippen molar-refractivity contribution in [1.82, 2.24) is 9.97 Å². The van der Waals surface area contributed by atoms with Crippen LogP contribution in [0.2, 0.25) is 0 Å². The Labute approximate surface area is 155 Å². The molecule has 0 saturated heterocycles. The first-order valence-corrected chi connectivity index (χ1v) is 9.52. The fraction of sp³-hybridized carbons (Fsp3) is 0. The van der Waals surface area contributed by atoms with E-state index < -0.39 is 0 Å². The Morgan fingerprint density at radius 3 is 1.35 bits per heavy atom. The van der Waals surface area contributed by atoms with E-state index in [-0.39, 0.29) is 11.6 Å². The van der Waals surface area contributed by atoms with Gasteiger partial charge in [-0.1, -0.05) is 0 Å². The molecule has 3 aromatic carbocycles. The number of nitrogens with zero attached hydrogens (tertiary/aromatic N) is 2. The molecule has 0 N–H and O–H groups in total. The van der Waals surface area contributed by atoms with Gasteiger partial charge < -0.3 is 0 Å². The van der Waals surface area contributed by atoms with Crippen molar-refractivity contribution in [2.75, 3.05) is 0 Å². The van der Waals surface area contributed by atoms with E-state index in [1.165, 1.54) is 24.3 Å². The van der Waals surface area contributed by atoms with Crippen LogP contribution in [-0.4, -0.2) is 9.97 Å². The third-order valence-electron chi connectivity index (χ3n) is 4.08. The van der Waals surface area contributed by atoms with E-state index in [1.54, 1.807) is 46.9 Å². The minimum atomic E-state index is -0.257. The number of thiazole rings is 2. The molecule has 2 nitrogen and oxygen atoms in total. The van der Waals surface area contributed by atoms with Crippen LogP contribution in [0.25, 0.3) is 41.6 Å². The molecule has 6 heteroatoms. The molecule has 0 saturated carbocycles. The molecule has 2 aromatic heterocycles. The smallest absolute Gasteiger partial charge is 0.124 e. The largest absolute Gasteiger partial charge is 0.236 e. The molecule has 0 aliphatic carbocycles. The number of rotatable bonds is 2. The molecule has 0 unspecified atom stereocenters. The van der Waals surface area contributed by atoms with Gasteiger partial charge >= 0.3 is 0 Å². The van der Waals surface area contributed by atoms with E-state index in [1.807, 2.05) is 12.1 Å². The van der Waals surface area contributed by atoms with Gasteiger partial charge in [0.2, 0.25) is 0 Å². The number of hydrogen-bond acceptors (Lipinski definition) is 4. The van der Waals surface area contributed by atoms with Gasteiger partial charge in [-0.25, -0.2) is 18.7 Å². The van der Waals surface area contributed by atoms with E-state index in [4.69, 9.17) is 0 Å². The molecule has 26 heavy (non-hydrogen) atoms. The van der Waals surface area contributed by atoms with Gasteiger partial charge in [-0.15, -0.1) is 22.7 Å². The minimum absolute atomic E-state index is 0.257. The van der Waals surface area contributed by atoms with Crippen molar-refractivity contribution in [3.63, 3.8) is 0 Å². The van der Waals surface area contributed by atoms with Gasteiger partial charge in [0.1, 0.15) is 21.6 Å². The molecular formula is C20H10F2N2S2. The third-order valence-corrected chi connectivity index (χ3v) is 6.21. The summed E-state index contributed by atoms with van der Waals surface area (Å²) in [6.07, 6.45) is 0. The highest BCUT2D eigenvalue weighted by molar-refractivity contribution is 7.23. The highest BCUT2D eigenvalue weighted by Crippen LogP contribution is 2.36. The molecule has 0 bridgehead atoms. The fourth-order valence-electron chi connectivity index (χ4n) is 2.78. The molecule has 0 fully saturated rings. The first-order chi connectivity index (χ1) is 12.7. The molecule has 0 aliphatic rings. The number of hydrogen-bond donors (Lipinski definition) is 0. The molecule has 5 aromatic rings. The normalized spacial score (nSPS) is 11.5. The number of benzene rings is 3. The summed E-state index contributed by atoms with van der Waals surface area (Å²) in [5, 5.41) is 1.72. The number of aromatic nitrogens is 2. The topological polar surface area (TPSA) is 25.8 Å². The van der Waals surface area contributed by atoms with Crippen LogP contribution in [-0.2, 0) is 0 Å². The quantitative estimate of drug-likeness (QED) is 0.348. The van der Waals surface area contributed by atoms with Crippen LogP contribution >= 0.6 is 22.7 Å². The lowest BCUT2D eigenvalue weighted by atomic mass is 10.2. The summed E-state index contributed by atoms with van der Waals surface area (Å²) in [4.78, 5) is 9.36. The lowest BCUT2D eigenvalue weighted by Gasteiger charge is -1.94. The molecule has 0 amide bonds. The Hall–Kier alpha value is -2.70. The predicted octanol–water partition coefficient (Wildman–Crippen LogP) is 6.52. The highest BCUT2D eigenvalue weighted by Gasteiger charge is 2.12. The van der Waals surface area contributed by atoms with E-state index in [0.29, 0.717) is 0 Å². The number of fused-ring (bicyclic) bond motifs is 2. The molecule has 2 heterocycles. The van der Waals surface area contributed by atoms with Crippen LogP contribution in [0, 0.1) is 11.6 Å². The van der Waals surface area contributed by atoms with Gasteiger partial charge in [-0.3, -0.25) is 0 Å². The van der Waals surface area contributed by atoms with Gasteiger partial charge in [0.15, 0.2) is 0 Å². The zero-order chi connectivity index (χ0) is 17.7. The molecular weight excluding hydrogens is 370 g/mol. The maximum atomic E-state index is 13.1. The molecule has 5 rings (SSSR count). The van der Waals surface area contributed by atoms with Gasteiger partial charge in [0, 0.05) is 11.1 Å². The summed E-state index contributed by atoms with van der Waals surface area (Å²) >= 11 is 3.12. The Balaban J connectivity index is 1.60. The summed E-state index contributed by atoms with van der Waals surface area (Å²) < 4.78 is 28.3. The van der Waals surface area contributed by atoms with Crippen molar-refractivity contribution < 1.29 is 8.78 Å². The van der Waals surface area contributed by atoms with Crippen molar-refractivity contribution in [2.24, 2.45) is 0 Å². The summed E-state index contributed by atoms with van der Waals surface area (Å²) in [6.45, 7) is 0. The van der Waals surface area contributed by atoms with Crippen molar-refractivity contribution >= 4 is 43.1 Å². The average molecular weight is 380 g/mol. The minimum Gasteiger partial charge on any atom is -0.236 e. The van der Waals surface area contributed by atoms with Crippen molar-refractivity contribution in [1.29, 1.82) is 0 Å². The van der Waals surface area contributed by atoms with E-state index >= 15 is 0 Å². The second-order valence-corrected chi connectivity index (χ2v) is 7.90. The lowest BCUT2D eigenvalue weighted by Crippen LogP contribution is -1.77. The fourth-order valence-corrected chi connectivity index (χ4v) is 4.75. The van der Waals surface area contributed by atoms with Crippen LogP contribution in [0.1, 0.15) is 0 Å². The van der Waals surface area contributed by atoms with Gasteiger partial charge in [-0.2, -0.15) is 0 Å². The van der Waals surface area contributed by atoms with Crippen LogP contribution in [0.15, 0.2) is 60.7 Å². The number of halogens is 2. The second kappa shape index (κ2) is 5.93. The van der Waals surface area contributed by atoms with Crippen molar-refractivity contribution in [3.05, 3.63) is 72.3 Å². The Morgan fingerprint density at radius 2 is 0.962 bits per heavy atom. The van der Waals surface area contributed by atoms with Crippen molar-refractivity contribution in [2.45, 2.75) is 0 Å². The SMILES string of the molecule is Fc1ccc(-c2nc3cc4sc(-c5ccc(F)cc5)nc4cc3s2)cc1. The Kier molecular flexibility index (Phi) is 3.55. The van der Waals surface area contributed by atoms with E-state index in [9.17, 15) is 8.78 Å². The summed E-state index contributed by atoms with van der Waals surface area (Å²) in [5.41, 5.74) is 3.60. The Bertz CT molecular complexity index is 1090. The van der Waals surface area contributed by atoms with E-state index in [0.717, 1.165) is 41.6 Å². The summed E-state index contributed by atoms with van der Waals surface area (Å²) in [6, 6.07) is 16.8. The molecule has 0 radical (unpaired) electrons. The van der Waals surface area contributed by atoms with Crippen LogP contribution in [0.4, 0.5) is 8.78 Å².